The van der Waals surface area contributed by atoms with Gasteiger partial charge in [0.05, 0.1) is 13.2 Å². The summed E-state index contributed by atoms with van der Waals surface area (Å²) in [5.74, 6) is -0.0495. The molecule has 15 heavy (non-hydrogen) atoms. The second kappa shape index (κ2) is 6.77. The summed E-state index contributed by atoms with van der Waals surface area (Å²) in [7, 11) is 0. The van der Waals surface area contributed by atoms with Crippen molar-refractivity contribution in [2.45, 2.75) is 45.4 Å². The van der Waals surface area contributed by atoms with Gasteiger partial charge in [-0.05, 0) is 32.6 Å². The van der Waals surface area contributed by atoms with Crippen LogP contribution in [0.5, 0.6) is 0 Å². The third-order valence-corrected chi connectivity index (χ3v) is 2.35. The van der Waals surface area contributed by atoms with Crippen molar-refractivity contribution >= 4 is 5.97 Å². The Hall–Kier alpha value is -0.640. The van der Waals surface area contributed by atoms with E-state index in [4.69, 9.17) is 9.47 Å². The Labute approximate surface area is 89.9 Å². The molecule has 1 unspecified atom stereocenters. The Bertz CT molecular complexity index is 192. The van der Waals surface area contributed by atoms with Crippen LogP contribution in [0.2, 0.25) is 0 Å². The van der Waals surface area contributed by atoms with Gasteiger partial charge >= 0.3 is 5.97 Å². The Kier molecular flexibility index (Phi) is 5.61. The second-order valence-corrected chi connectivity index (χ2v) is 3.82. The molecule has 1 fully saturated rings. The van der Waals surface area contributed by atoms with Crippen LogP contribution in [0.4, 0.5) is 4.39 Å². The fourth-order valence-electron chi connectivity index (χ4n) is 1.29. The maximum absolute atomic E-state index is 13.0. The van der Waals surface area contributed by atoms with Crippen LogP contribution in [0.25, 0.3) is 0 Å². The zero-order valence-electron chi connectivity index (χ0n) is 9.21. The molecule has 1 aliphatic rings. The van der Waals surface area contributed by atoms with Crippen molar-refractivity contribution in [2.24, 2.45) is 5.92 Å². The minimum absolute atomic E-state index is 0.134. The standard InChI is InChI=1S/C11H19FO3/c1-2-14-10(13)5-3-4-8-15-11(12)9-6-7-9/h9,11H,2-8H2,1H3. The molecule has 0 radical (unpaired) electrons. The van der Waals surface area contributed by atoms with E-state index in [-0.39, 0.29) is 11.9 Å². The van der Waals surface area contributed by atoms with E-state index >= 15 is 0 Å². The van der Waals surface area contributed by atoms with Gasteiger partial charge in [-0.1, -0.05) is 0 Å². The van der Waals surface area contributed by atoms with E-state index < -0.39 is 6.36 Å². The quantitative estimate of drug-likeness (QED) is 0.463. The predicted molar refractivity (Wildman–Crippen MR) is 54.1 cm³/mol. The van der Waals surface area contributed by atoms with Gasteiger partial charge in [0, 0.05) is 12.3 Å². The van der Waals surface area contributed by atoms with E-state index in [1.54, 1.807) is 6.92 Å². The van der Waals surface area contributed by atoms with Crippen molar-refractivity contribution in [3.8, 4) is 0 Å². The van der Waals surface area contributed by atoms with Crippen molar-refractivity contribution in [1.29, 1.82) is 0 Å². The van der Waals surface area contributed by atoms with Crippen LogP contribution in [-0.2, 0) is 14.3 Å². The summed E-state index contributed by atoms with van der Waals surface area (Å²) in [6, 6.07) is 0. The predicted octanol–water partition coefficient (Wildman–Crippen LogP) is 2.44. The average Bonchev–Trinajstić information content (AvgIpc) is 3.00. The van der Waals surface area contributed by atoms with Gasteiger partial charge in [-0.2, -0.15) is 0 Å². The van der Waals surface area contributed by atoms with Gasteiger partial charge in [0.25, 0.3) is 0 Å². The van der Waals surface area contributed by atoms with Crippen molar-refractivity contribution in [3.63, 3.8) is 0 Å². The van der Waals surface area contributed by atoms with E-state index in [0.717, 1.165) is 12.8 Å². The molecule has 1 atom stereocenters. The van der Waals surface area contributed by atoms with Gasteiger partial charge < -0.3 is 9.47 Å². The summed E-state index contributed by atoms with van der Waals surface area (Å²) in [5, 5.41) is 0. The summed E-state index contributed by atoms with van der Waals surface area (Å²) in [4.78, 5) is 10.9. The number of carbonyl (C=O) groups is 1. The first kappa shape index (κ1) is 12.4. The fraction of sp³-hybridized carbons (Fsp3) is 0.909. The number of esters is 1. The van der Waals surface area contributed by atoms with Crippen molar-refractivity contribution in [1.82, 2.24) is 0 Å². The smallest absolute Gasteiger partial charge is 0.305 e. The molecule has 0 N–H and O–H groups in total. The number of hydrogen-bond acceptors (Lipinski definition) is 3. The summed E-state index contributed by atoms with van der Waals surface area (Å²) in [5.41, 5.74) is 0. The minimum Gasteiger partial charge on any atom is -0.466 e. The van der Waals surface area contributed by atoms with E-state index in [9.17, 15) is 9.18 Å². The maximum Gasteiger partial charge on any atom is 0.305 e. The number of ether oxygens (including phenoxy) is 2. The SMILES string of the molecule is CCOC(=O)CCCCOC(F)C1CC1. The van der Waals surface area contributed by atoms with Gasteiger partial charge in [0.1, 0.15) is 0 Å². The van der Waals surface area contributed by atoms with Gasteiger partial charge in [0.15, 0.2) is 0 Å². The van der Waals surface area contributed by atoms with E-state index in [0.29, 0.717) is 32.5 Å². The Balaban J connectivity index is 1.85. The molecule has 1 aliphatic carbocycles. The van der Waals surface area contributed by atoms with Crippen LogP contribution in [0.1, 0.15) is 39.0 Å². The number of hydrogen-bond donors (Lipinski definition) is 0. The van der Waals surface area contributed by atoms with Gasteiger partial charge in [-0.25, -0.2) is 4.39 Å². The van der Waals surface area contributed by atoms with Crippen LogP contribution in [0.15, 0.2) is 0 Å². The molecule has 0 aromatic rings. The van der Waals surface area contributed by atoms with E-state index in [1.165, 1.54) is 0 Å². The number of halogens is 1. The summed E-state index contributed by atoms with van der Waals surface area (Å²) < 4.78 is 22.7. The molecule has 0 aromatic heterocycles. The van der Waals surface area contributed by atoms with Gasteiger partial charge in [-0.3, -0.25) is 4.79 Å². The Morgan fingerprint density at radius 2 is 2.20 bits per heavy atom. The molecule has 0 bridgehead atoms. The van der Waals surface area contributed by atoms with Crippen LogP contribution < -0.4 is 0 Å². The number of alkyl halides is 1. The zero-order chi connectivity index (χ0) is 11.1. The Morgan fingerprint density at radius 1 is 1.47 bits per heavy atom. The monoisotopic (exact) mass is 218 g/mol. The first-order valence-corrected chi connectivity index (χ1v) is 5.65. The second-order valence-electron chi connectivity index (χ2n) is 3.82. The first-order valence-electron chi connectivity index (χ1n) is 5.65. The Morgan fingerprint density at radius 3 is 2.80 bits per heavy atom. The lowest BCUT2D eigenvalue weighted by Gasteiger charge is -2.07. The number of unbranched alkanes of at least 4 members (excludes halogenated alkanes) is 1. The van der Waals surface area contributed by atoms with Gasteiger partial charge in [0.2, 0.25) is 6.36 Å². The van der Waals surface area contributed by atoms with Crippen LogP contribution >= 0.6 is 0 Å². The molecule has 3 nitrogen and oxygen atoms in total. The molecule has 0 spiro atoms. The zero-order valence-corrected chi connectivity index (χ0v) is 9.21. The average molecular weight is 218 g/mol. The number of rotatable bonds is 8. The highest BCUT2D eigenvalue weighted by atomic mass is 19.1. The third kappa shape index (κ3) is 5.72. The highest BCUT2D eigenvalue weighted by molar-refractivity contribution is 5.69. The van der Waals surface area contributed by atoms with Crippen LogP contribution in [0.3, 0.4) is 0 Å². The van der Waals surface area contributed by atoms with E-state index in [2.05, 4.69) is 0 Å². The summed E-state index contributed by atoms with van der Waals surface area (Å²) >= 11 is 0. The fourth-order valence-corrected chi connectivity index (χ4v) is 1.29. The molecule has 0 amide bonds. The van der Waals surface area contributed by atoms with Crippen molar-refractivity contribution in [2.75, 3.05) is 13.2 Å². The molecule has 0 saturated heterocycles. The molecule has 88 valence electrons. The molecule has 1 rings (SSSR count). The molecular weight excluding hydrogens is 199 g/mol. The third-order valence-electron chi connectivity index (χ3n) is 2.35. The van der Waals surface area contributed by atoms with Gasteiger partial charge in [-0.15, -0.1) is 0 Å². The molecule has 4 heteroatoms. The highest BCUT2D eigenvalue weighted by Gasteiger charge is 2.31. The van der Waals surface area contributed by atoms with Crippen LogP contribution in [-0.4, -0.2) is 25.5 Å². The topological polar surface area (TPSA) is 35.5 Å². The lowest BCUT2D eigenvalue weighted by atomic mass is 10.2. The minimum atomic E-state index is -1.09. The van der Waals surface area contributed by atoms with Crippen molar-refractivity contribution in [3.05, 3.63) is 0 Å². The van der Waals surface area contributed by atoms with E-state index in [1.807, 2.05) is 0 Å². The molecular formula is C11H19FO3. The number of carbonyl (C=O) groups excluding carboxylic acids is 1. The lowest BCUT2D eigenvalue weighted by molar-refractivity contribution is -0.143. The summed E-state index contributed by atoms with van der Waals surface area (Å²) in [6.45, 7) is 2.60. The lowest BCUT2D eigenvalue weighted by Crippen LogP contribution is -2.10. The molecule has 0 aliphatic heterocycles. The highest BCUT2D eigenvalue weighted by Crippen LogP contribution is 2.34. The van der Waals surface area contributed by atoms with Crippen molar-refractivity contribution < 1.29 is 18.7 Å². The maximum atomic E-state index is 13.0. The van der Waals surface area contributed by atoms with Crippen LogP contribution in [0, 0.1) is 5.92 Å². The molecule has 0 heterocycles. The first-order chi connectivity index (χ1) is 7.24. The molecule has 1 saturated carbocycles. The largest absolute Gasteiger partial charge is 0.466 e. The molecule has 0 aromatic carbocycles. The normalized spacial score (nSPS) is 17.5. The summed E-state index contributed by atoms with van der Waals surface area (Å²) in [6.07, 6.45) is 2.63.